The molecule has 0 saturated carbocycles. The largest absolute Gasteiger partial charge is 0.338 e. The first-order valence-corrected chi connectivity index (χ1v) is 7.28. The summed E-state index contributed by atoms with van der Waals surface area (Å²) < 4.78 is 2.00. The van der Waals surface area contributed by atoms with E-state index in [9.17, 15) is 4.79 Å². The number of Topliss-reactive ketones (excluding diaryl/α,β-unsaturated/α-hetero) is 1. The van der Waals surface area contributed by atoms with Crippen molar-refractivity contribution in [1.29, 1.82) is 0 Å². The van der Waals surface area contributed by atoms with Crippen LogP contribution in [0.15, 0.2) is 30.6 Å². The number of ketones is 1. The Balaban J connectivity index is 1.82. The molecular weight excluding hydrogens is 295 g/mol. The number of hydrogen-bond acceptors (Lipinski definition) is 2. The van der Waals surface area contributed by atoms with Gasteiger partial charge in [0, 0.05) is 42.9 Å². The van der Waals surface area contributed by atoms with Gasteiger partial charge in [-0.15, -0.1) is 0 Å². The van der Waals surface area contributed by atoms with E-state index in [2.05, 4.69) is 4.98 Å². The van der Waals surface area contributed by atoms with Gasteiger partial charge >= 0.3 is 0 Å². The molecule has 0 aliphatic carbocycles. The fourth-order valence-corrected chi connectivity index (χ4v) is 2.57. The molecule has 0 radical (unpaired) electrons. The third kappa shape index (κ3) is 3.84. The molecule has 5 heteroatoms. The summed E-state index contributed by atoms with van der Waals surface area (Å²) in [6.45, 7) is 0. The van der Waals surface area contributed by atoms with Crippen LogP contribution >= 0.6 is 23.2 Å². The molecule has 0 spiro atoms. The summed E-state index contributed by atoms with van der Waals surface area (Å²) >= 11 is 11.8. The van der Waals surface area contributed by atoms with E-state index in [1.54, 1.807) is 24.4 Å². The highest BCUT2D eigenvalue weighted by molar-refractivity contribution is 6.36. The lowest BCUT2D eigenvalue weighted by Gasteiger charge is -2.04. The van der Waals surface area contributed by atoms with Gasteiger partial charge in [0.25, 0.3) is 0 Å². The standard InChI is InChI=1S/C15H16Cl2N2O/c1-19-9-8-18-15(19)5-3-2-4-14(20)12-7-6-11(16)10-13(12)17/h6-10H,2-5H2,1H3. The predicted molar refractivity (Wildman–Crippen MR) is 81.6 cm³/mol. The number of hydrogen-bond donors (Lipinski definition) is 0. The van der Waals surface area contributed by atoms with Crippen molar-refractivity contribution >= 4 is 29.0 Å². The highest BCUT2D eigenvalue weighted by atomic mass is 35.5. The fourth-order valence-electron chi connectivity index (χ4n) is 2.06. The van der Waals surface area contributed by atoms with Gasteiger partial charge in [0.15, 0.2) is 5.78 Å². The zero-order valence-corrected chi connectivity index (χ0v) is 12.8. The second-order valence-electron chi connectivity index (χ2n) is 4.71. The van der Waals surface area contributed by atoms with E-state index in [1.807, 2.05) is 17.8 Å². The third-order valence-corrected chi connectivity index (χ3v) is 3.75. The van der Waals surface area contributed by atoms with E-state index in [0.717, 1.165) is 25.1 Å². The number of carbonyl (C=O) groups is 1. The van der Waals surface area contributed by atoms with E-state index in [0.29, 0.717) is 22.0 Å². The first kappa shape index (κ1) is 15.1. The molecule has 0 atom stereocenters. The number of aryl methyl sites for hydroxylation is 2. The molecule has 1 aromatic heterocycles. The highest BCUT2D eigenvalue weighted by Gasteiger charge is 2.10. The molecule has 0 fully saturated rings. The van der Waals surface area contributed by atoms with Crippen molar-refractivity contribution in [2.24, 2.45) is 7.05 Å². The van der Waals surface area contributed by atoms with Crippen LogP contribution in [0.1, 0.15) is 35.4 Å². The molecule has 106 valence electrons. The van der Waals surface area contributed by atoms with Crippen molar-refractivity contribution in [3.63, 3.8) is 0 Å². The average molecular weight is 311 g/mol. The number of rotatable bonds is 6. The second kappa shape index (κ2) is 6.91. The summed E-state index contributed by atoms with van der Waals surface area (Å²) in [5, 5.41) is 0.966. The van der Waals surface area contributed by atoms with Gasteiger partial charge in [0.1, 0.15) is 5.82 Å². The van der Waals surface area contributed by atoms with Crippen LogP contribution in [0, 0.1) is 0 Å². The molecule has 1 heterocycles. The van der Waals surface area contributed by atoms with Crippen molar-refractivity contribution in [3.05, 3.63) is 52.0 Å². The maximum atomic E-state index is 12.1. The molecule has 3 nitrogen and oxygen atoms in total. The number of unbranched alkanes of at least 4 members (excludes halogenated alkanes) is 1. The molecule has 0 aliphatic rings. The van der Waals surface area contributed by atoms with Gasteiger partial charge in [-0.05, 0) is 31.0 Å². The topological polar surface area (TPSA) is 34.9 Å². The molecule has 0 bridgehead atoms. The Morgan fingerprint density at radius 2 is 2.10 bits per heavy atom. The first-order chi connectivity index (χ1) is 9.58. The Labute approximate surface area is 128 Å². The van der Waals surface area contributed by atoms with E-state index >= 15 is 0 Å². The van der Waals surface area contributed by atoms with Gasteiger partial charge in [-0.25, -0.2) is 4.98 Å². The molecule has 2 rings (SSSR count). The molecule has 0 aliphatic heterocycles. The Kier molecular flexibility index (Phi) is 5.21. The lowest BCUT2D eigenvalue weighted by Crippen LogP contribution is -2.02. The Morgan fingerprint density at radius 3 is 2.75 bits per heavy atom. The van der Waals surface area contributed by atoms with Gasteiger partial charge in [0.2, 0.25) is 0 Å². The summed E-state index contributed by atoms with van der Waals surface area (Å²) in [7, 11) is 1.97. The lowest BCUT2D eigenvalue weighted by atomic mass is 10.0. The third-order valence-electron chi connectivity index (χ3n) is 3.21. The van der Waals surface area contributed by atoms with Gasteiger partial charge in [-0.1, -0.05) is 23.2 Å². The van der Waals surface area contributed by atoms with Crippen molar-refractivity contribution < 1.29 is 4.79 Å². The summed E-state index contributed by atoms with van der Waals surface area (Å²) in [5.41, 5.74) is 0.549. The number of imidazole rings is 1. The molecule has 20 heavy (non-hydrogen) atoms. The van der Waals surface area contributed by atoms with E-state index in [4.69, 9.17) is 23.2 Å². The van der Waals surface area contributed by atoms with Crippen LogP contribution in [0.5, 0.6) is 0 Å². The normalized spacial score (nSPS) is 10.8. The van der Waals surface area contributed by atoms with Crippen molar-refractivity contribution in [2.75, 3.05) is 0 Å². The van der Waals surface area contributed by atoms with Crippen LogP contribution in [0.3, 0.4) is 0 Å². The number of halogens is 2. The minimum atomic E-state index is 0.0616. The van der Waals surface area contributed by atoms with E-state index in [-0.39, 0.29) is 5.78 Å². The minimum absolute atomic E-state index is 0.0616. The van der Waals surface area contributed by atoms with E-state index < -0.39 is 0 Å². The van der Waals surface area contributed by atoms with Crippen molar-refractivity contribution in [3.8, 4) is 0 Å². The Hall–Kier alpha value is -1.32. The van der Waals surface area contributed by atoms with Crippen molar-refractivity contribution in [1.82, 2.24) is 9.55 Å². The SMILES string of the molecule is Cn1ccnc1CCCCC(=O)c1ccc(Cl)cc1Cl. The molecule has 0 saturated heterocycles. The number of benzene rings is 1. The predicted octanol–water partition coefficient (Wildman–Crippen LogP) is 4.32. The van der Waals surface area contributed by atoms with Crippen LogP contribution in [-0.2, 0) is 13.5 Å². The van der Waals surface area contributed by atoms with Gasteiger partial charge in [0.05, 0.1) is 5.02 Å². The Bertz CT molecular complexity index is 608. The summed E-state index contributed by atoms with van der Waals surface area (Å²) in [4.78, 5) is 16.3. The molecule has 0 amide bonds. The molecule has 1 aromatic carbocycles. The van der Waals surface area contributed by atoms with Crippen LogP contribution < -0.4 is 0 Å². The van der Waals surface area contributed by atoms with Crippen LogP contribution in [-0.4, -0.2) is 15.3 Å². The van der Waals surface area contributed by atoms with E-state index in [1.165, 1.54) is 0 Å². The molecule has 0 unspecified atom stereocenters. The zero-order valence-electron chi connectivity index (χ0n) is 11.3. The van der Waals surface area contributed by atoms with Crippen molar-refractivity contribution in [2.45, 2.75) is 25.7 Å². The van der Waals surface area contributed by atoms with Crippen LogP contribution in [0.2, 0.25) is 10.0 Å². The van der Waals surface area contributed by atoms with Gasteiger partial charge in [-0.3, -0.25) is 4.79 Å². The number of carbonyl (C=O) groups excluding carboxylic acids is 1. The second-order valence-corrected chi connectivity index (χ2v) is 5.55. The summed E-state index contributed by atoms with van der Waals surface area (Å²) in [6, 6.07) is 4.98. The van der Waals surface area contributed by atoms with Crippen LogP contribution in [0.4, 0.5) is 0 Å². The van der Waals surface area contributed by atoms with Crippen LogP contribution in [0.25, 0.3) is 0 Å². The lowest BCUT2D eigenvalue weighted by molar-refractivity contribution is 0.0979. The molecule has 2 aromatic rings. The highest BCUT2D eigenvalue weighted by Crippen LogP contribution is 2.22. The van der Waals surface area contributed by atoms with Gasteiger partial charge < -0.3 is 4.57 Å². The quantitative estimate of drug-likeness (QED) is 0.588. The summed E-state index contributed by atoms with van der Waals surface area (Å²) in [5.74, 6) is 1.11. The monoisotopic (exact) mass is 310 g/mol. The fraction of sp³-hybridized carbons (Fsp3) is 0.333. The molecule has 0 N–H and O–H groups in total. The van der Waals surface area contributed by atoms with Gasteiger partial charge in [-0.2, -0.15) is 0 Å². The maximum Gasteiger partial charge on any atom is 0.164 e. The average Bonchev–Trinajstić information content (AvgIpc) is 2.80. The minimum Gasteiger partial charge on any atom is -0.338 e. The zero-order chi connectivity index (χ0) is 14.5. The molecular formula is C15H16Cl2N2O. The first-order valence-electron chi connectivity index (χ1n) is 6.52. The summed E-state index contributed by atoms with van der Waals surface area (Å²) in [6.07, 6.45) is 6.84. The maximum absolute atomic E-state index is 12.1. The Morgan fingerprint density at radius 1 is 1.30 bits per heavy atom. The number of nitrogens with zero attached hydrogens (tertiary/aromatic N) is 2. The smallest absolute Gasteiger partial charge is 0.164 e. The number of aromatic nitrogens is 2.